The molecule has 1 fully saturated rings. The second-order valence-electron chi connectivity index (χ2n) is 10.3. The Morgan fingerprint density at radius 1 is 0.892 bits per heavy atom. The first-order valence-electron chi connectivity index (χ1n) is 14.6. The molecule has 0 aromatic heterocycles. The van der Waals surface area contributed by atoms with Crippen molar-refractivity contribution in [1.29, 1.82) is 0 Å². The maximum atomic E-state index is 10.2. The Bertz CT molecular complexity index is 638. The molecule has 0 saturated carbocycles. The molecule has 1 rings (SSSR count). The first-order valence-corrected chi connectivity index (χ1v) is 17.6. The standard InChI is InChI=1S/C26H54BN2O5PS2/c1-4-5-6-7-8-9-10-11-12-13-14-15-16-19-28-26(36)29-20-17-18-22-24(34-35(30,37)32-3)23(21-31-2)33-25(22)27/h22-25H,4-21,27H2,1-3H3,(H,30,37)(H2,28,29,36)/t22-,23+,24?,25+,35?/m0/s1. The lowest BCUT2D eigenvalue weighted by Crippen LogP contribution is -2.37. The number of rotatable bonds is 23. The first-order chi connectivity index (χ1) is 17.8. The fourth-order valence-corrected chi connectivity index (χ4v) is 6.17. The van der Waals surface area contributed by atoms with E-state index in [1.165, 1.54) is 84.2 Å². The van der Waals surface area contributed by atoms with Crippen LogP contribution in [0.5, 0.6) is 0 Å². The SMILES string of the molecule is B[C@@H]1O[C@H](COC)C(OP(O)(=S)OC)[C@@H]1CCCNC(=S)NCCCCCCCCCCCCCCC. The molecule has 1 saturated heterocycles. The van der Waals surface area contributed by atoms with Gasteiger partial charge in [-0.15, -0.1) is 0 Å². The van der Waals surface area contributed by atoms with Crippen LogP contribution < -0.4 is 10.6 Å². The summed E-state index contributed by atoms with van der Waals surface area (Å²) in [7, 11) is 5.02. The summed E-state index contributed by atoms with van der Waals surface area (Å²) in [5, 5.41) is 7.34. The van der Waals surface area contributed by atoms with E-state index in [-0.39, 0.29) is 24.1 Å². The lowest BCUT2D eigenvalue weighted by atomic mass is 9.82. The van der Waals surface area contributed by atoms with Gasteiger partial charge in [-0.3, -0.25) is 0 Å². The summed E-state index contributed by atoms with van der Waals surface area (Å²) in [5.41, 5.74) is 0. The van der Waals surface area contributed by atoms with Crippen molar-refractivity contribution in [3.05, 3.63) is 0 Å². The maximum Gasteiger partial charge on any atom is 0.324 e. The molecule has 0 spiro atoms. The number of methoxy groups -OCH3 is 1. The van der Waals surface area contributed by atoms with Gasteiger partial charge in [0, 0.05) is 39.2 Å². The molecule has 11 heteroatoms. The van der Waals surface area contributed by atoms with Gasteiger partial charge in [-0.1, -0.05) is 84.0 Å². The molecule has 5 atom stereocenters. The van der Waals surface area contributed by atoms with E-state index in [9.17, 15) is 4.89 Å². The fraction of sp³-hybridized carbons (Fsp3) is 0.962. The molecule has 37 heavy (non-hydrogen) atoms. The van der Waals surface area contributed by atoms with E-state index in [4.69, 9.17) is 42.5 Å². The Balaban J connectivity index is 2.07. The van der Waals surface area contributed by atoms with E-state index in [1.54, 1.807) is 7.11 Å². The number of hydrogen-bond donors (Lipinski definition) is 3. The van der Waals surface area contributed by atoms with Crippen molar-refractivity contribution in [3.63, 3.8) is 0 Å². The number of thiocarbonyl (C=S) groups is 1. The number of nitrogens with one attached hydrogen (secondary N) is 2. The van der Waals surface area contributed by atoms with Crippen molar-refractivity contribution in [3.8, 4) is 0 Å². The largest absolute Gasteiger partial charge is 0.382 e. The van der Waals surface area contributed by atoms with Crippen LogP contribution in [0.2, 0.25) is 0 Å². The Hall–Kier alpha value is 0.205. The minimum absolute atomic E-state index is 0.0161. The minimum atomic E-state index is -3.29. The minimum Gasteiger partial charge on any atom is -0.382 e. The van der Waals surface area contributed by atoms with Crippen LogP contribution in [0.1, 0.15) is 103 Å². The van der Waals surface area contributed by atoms with Gasteiger partial charge >= 0.3 is 6.72 Å². The predicted molar refractivity (Wildman–Crippen MR) is 164 cm³/mol. The average Bonchev–Trinajstić information content (AvgIpc) is 3.15. The van der Waals surface area contributed by atoms with E-state index >= 15 is 0 Å². The van der Waals surface area contributed by atoms with Crippen molar-refractivity contribution < 1.29 is 23.4 Å². The zero-order valence-corrected chi connectivity index (χ0v) is 26.4. The van der Waals surface area contributed by atoms with Crippen LogP contribution >= 0.6 is 18.9 Å². The van der Waals surface area contributed by atoms with E-state index < -0.39 is 6.72 Å². The van der Waals surface area contributed by atoms with Crippen LogP contribution in [-0.4, -0.2) is 70.0 Å². The van der Waals surface area contributed by atoms with E-state index in [0.29, 0.717) is 11.7 Å². The van der Waals surface area contributed by atoms with Gasteiger partial charge in [0.05, 0.1) is 6.61 Å². The summed E-state index contributed by atoms with van der Waals surface area (Å²) in [5.74, 6) is 0.0962. The Kier molecular flexibility index (Phi) is 20.9. The van der Waals surface area contributed by atoms with Gasteiger partial charge in [-0.2, -0.15) is 0 Å². The van der Waals surface area contributed by atoms with Crippen LogP contribution in [0.25, 0.3) is 0 Å². The van der Waals surface area contributed by atoms with Crippen molar-refractivity contribution >= 4 is 43.7 Å². The van der Waals surface area contributed by atoms with Crippen LogP contribution in [0.3, 0.4) is 0 Å². The van der Waals surface area contributed by atoms with E-state index in [0.717, 1.165) is 32.4 Å². The van der Waals surface area contributed by atoms with E-state index in [2.05, 4.69) is 17.6 Å². The van der Waals surface area contributed by atoms with Crippen molar-refractivity contribution in [2.45, 2.75) is 121 Å². The maximum absolute atomic E-state index is 10.2. The Labute approximate surface area is 238 Å². The van der Waals surface area contributed by atoms with Gasteiger partial charge in [-0.25, -0.2) is 0 Å². The quantitative estimate of drug-likeness (QED) is 0.0655. The highest BCUT2D eigenvalue weighted by atomic mass is 32.5. The van der Waals surface area contributed by atoms with Gasteiger partial charge in [0.1, 0.15) is 20.1 Å². The highest BCUT2D eigenvalue weighted by Crippen LogP contribution is 2.48. The van der Waals surface area contributed by atoms with Crippen molar-refractivity contribution in [2.75, 3.05) is 33.9 Å². The van der Waals surface area contributed by atoms with Gasteiger partial charge in [0.2, 0.25) is 0 Å². The third kappa shape index (κ3) is 16.8. The van der Waals surface area contributed by atoms with Crippen molar-refractivity contribution in [1.82, 2.24) is 10.6 Å². The molecular weight excluding hydrogens is 526 g/mol. The molecule has 3 N–H and O–H groups in total. The number of hydrogen-bond acceptors (Lipinski definition) is 6. The van der Waals surface area contributed by atoms with Gasteiger partial charge in [0.15, 0.2) is 5.11 Å². The summed E-state index contributed by atoms with van der Waals surface area (Å²) in [6.45, 7) is 1.07. The summed E-state index contributed by atoms with van der Waals surface area (Å²) < 4.78 is 22.1. The molecule has 0 aliphatic carbocycles. The molecule has 0 amide bonds. The monoisotopic (exact) mass is 580 g/mol. The summed E-state index contributed by atoms with van der Waals surface area (Å²) in [4.78, 5) is 10.2. The van der Waals surface area contributed by atoms with Gasteiger partial charge in [0.25, 0.3) is 0 Å². The number of unbranched alkanes of at least 4 members (excludes halogenated alkanes) is 12. The lowest BCUT2D eigenvalue weighted by Gasteiger charge is -2.27. The third-order valence-electron chi connectivity index (χ3n) is 7.16. The molecule has 218 valence electrons. The molecule has 7 nitrogen and oxygen atoms in total. The van der Waals surface area contributed by atoms with Crippen LogP contribution in [0.4, 0.5) is 0 Å². The number of ether oxygens (including phenoxy) is 2. The summed E-state index contributed by atoms with van der Waals surface area (Å²) in [6.07, 6.45) is 18.8. The zero-order valence-electron chi connectivity index (χ0n) is 23.9. The third-order valence-corrected chi connectivity index (χ3v) is 9.13. The normalized spacial score (nSPS) is 23.1. The van der Waals surface area contributed by atoms with Gasteiger partial charge in [-0.05, 0) is 43.3 Å². The molecule has 1 aliphatic heterocycles. The van der Waals surface area contributed by atoms with Gasteiger partial charge < -0.3 is 34.0 Å². The highest BCUT2D eigenvalue weighted by molar-refractivity contribution is 8.07. The Morgan fingerprint density at radius 3 is 1.92 bits per heavy atom. The molecule has 2 unspecified atom stereocenters. The van der Waals surface area contributed by atoms with Crippen LogP contribution in [0, 0.1) is 5.92 Å². The second kappa shape index (κ2) is 22.0. The topological polar surface area (TPSA) is 81.2 Å². The fourth-order valence-electron chi connectivity index (χ4n) is 4.98. The average molecular weight is 581 g/mol. The van der Waals surface area contributed by atoms with Crippen LogP contribution in [-0.2, 0) is 30.3 Å². The van der Waals surface area contributed by atoms with E-state index in [1.807, 2.05) is 7.85 Å². The Morgan fingerprint density at radius 2 is 1.41 bits per heavy atom. The molecule has 0 bridgehead atoms. The molecule has 1 aliphatic rings. The molecular formula is C26H54BN2O5PS2. The second-order valence-corrected chi connectivity index (χ2v) is 13.6. The first kappa shape index (κ1) is 35.2. The smallest absolute Gasteiger partial charge is 0.324 e. The highest BCUT2D eigenvalue weighted by Gasteiger charge is 2.44. The zero-order chi connectivity index (χ0) is 27.4. The predicted octanol–water partition coefficient (Wildman–Crippen LogP) is 5.19. The molecule has 1 heterocycles. The molecule has 0 radical (unpaired) electrons. The molecule has 0 aromatic carbocycles. The van der Waals surface area contributed by atoms with Crippen LogP contribution in [0.15, 0.2) is 0 Å². The summed E-state index contributed by atoms with van der Waals surface area (Å²) in [6, 6.07) is -0.0161. The van der Waals surface area contributed by atoms with Crippen molar-refractivity contribution in [2.24, 2.45) is 5.92 Å². The lowest BCUT2D eigenvalue weighted by molar-refractivity contribution is -0.0147. The molecule has 0 aromatic rings. The summed E-state index contributed by atoms with van der Waals surface area (Å²) >= 11 is 10.5.